The maximum absolute atomic E-state index is 10.4. The second kappa shape index (κ2) is 7.04. The van der Waals surface area contributed by atoms with Crippen molar-refractivity contribution in [2.75, 3.05) is 0 Å². The van der Waals surface area contributed by atoms with Crippen LogP contribution in [0, 0.1) is 0 Å². The number of hydrogen-bond acceptors (Lipinski definition) is 1. The molecule has 16 heavy (non-hydrogen) atoms. The summed E-state index contributed by atoms with van der Waals surface area (Å²) in [5, 5.41) is 8.56. The zero-order valence-corrected chi connectivity index (χ0v) is 9.91. The first kappa shape index (κ1) is 12.8. The molecule has 0 atom stereocenters. The molecule has 2 nitrogen and oxygen atoms in total. The third-order valence-electron chi connectivity index (χ3n) is 2.67. The van der Waals surface area contributed by atoms with Gasteiger partial charge in [-0.05, 0) is 36.8 Å². The molecule has 1 aromatic carbocycles. The molecule has 0 aliphatic heterocycles. The van der Waals surface area contributed by atoms with E-state index in [1.165, 1.54) is 24.0 Å². The number of rotatable bonds is 7. The van der Waals surface area contributed by atoms with E-state index in [0.717, 1.165) is 19.3 Å². The maximum atomic E-state index is 10.4. The molecule has 0 unspecified atom stereocenters. The van der Waals surface area contributed by atoms with Crippen LogP contribution in [0.1, 0.15) is 43.7 Å². The van der Waals surface area contributed by atoms with Gasteiger partial charge in [-0.1, -0.05) is 37.6 Å². The molecule has 0 amide bonds. The SMILES string of the molecule is CCCCc1cccc(CCCC(=O)O)c1. The highest BCUT2D eigenvalue weighted by atomic mass is 16.4. The Kier molecular flexibility index (Phi) is 5.62. The van der Waals surface area contributed by atoms with E-state index in [1.54, 1.807) is 0 Å². The van der Waals surface area contributed by atoms with Crippen LogP contribution in [-0.2, 0) is 17.6 Å². The highest BCUT2D eigenvalue weighted by Gasteiger charge is 1.99. The number of unbranched alkanes of at least 4 members (excludes halogenated alkanes) is 1. The van der Waals surface area contributed by atoms with Gasteiger partial charge in [0.1, 0.15) is 0 Å². The molecule has 1 aromatic rings. The lowest BCUT2D eigenvalue weighted by atomic mass is 10.0. The molecular formula is C14H20O2. The van der Waals surface area contributed by atoms with Crippen molar-refractivity contribution in [2.24, 2.45) is 0 Å². The molecule has 0 radical (unpaired) electrons. The summed E-state index contributed by atoms with van der Waals surface area (Å²) in [5.74, 6) is -0.706. The van der Waals surface area contributed by atoms with Crippen LogP contribution >= 0.6 is 0 Å². The van der Waals surface area contributed by atoms with Crippen LogP contribution in [0.15, 0.2) is 24.3 Å². The Hall–Kier alpha value is -1.31. The third kappa shape index (κ3) is 4.96. The van der Waals surface area contributed by atoms with Crippen LogP contribution in [0.5, 0.6) is 0 Å². The summed E-state index contributed by atoms with van der Waals surface area (Å²) >= 11 is 0. The molecule has 0 spiro atoms. The summed E-state index contributed by atoms with van der Waals surface area (Å²) < 4.78 is 0. The van der Waals surface area contributed by atoms with Crippen molar-refractivity contribution in [3.05, 3.63) is 35.4 Å². The van der Waals surface area contributed by atoms with E-state index in [2.05, 4.69) is 31.2 Å². The molecule has 2 heteroatoms. The smallest absolute Gasteiger partial charge is 0.303 e. The first-order valence-electron chi connectivity index (χ1n) is 6.02. The predicted octanol–water partition coefficient (Wildman–Crippen LogP) is 3.44. The largest absolute Gasteiger partial charge is 0.481 e. The molecule has 0 fully saturated rings. The normalized spacial score (nSPS) is 10.3. The number of carbonyl (C=O) groups is 1. The molecular weight excluding hydrogens is 200 g/mol. The molecule has 0 aliphatic rings. The Morgan fingerprint density at radius 3 is 2.38 bits per heavy atom. The number of hydrogen-bond donors (Lipinski definition) is 1. The minimum Gasteiger partial charge on any atom is -0.481 e. The van der Waals surface area contributed by atoms with Gasteiger partial charge in [-0.3, -0.25) is 4.79 Å². The summed E-state index contributed by atoms with van der Waals surface area (Å²) in [6.45, 7) is 2.19. The zero-order valence-electron chi connectivity index (χ0n) is 9.91. The lowest BCUT2D eigenvalue weighted by Gasteiger charge is -2.04. The molecule has 0 saturated heterocycles. The van der Waals surface area contributed by atoms with Crippen LogP contribution in [-0.4, -0.2) is 11.1 Å². The number of benzene rings is 1. The Bertz CT molecular complexity index is 331. The van der Waals surface area contributed by atoms with Gasteiger partial charge in [-0.15, -0.1) is 0 Å². The Balaban J connectivity index is 2.43. The van der Waals surface area contributed by atoms with E-state index in [9.17, 15) is 4.79 Å². The van der Waals surface area contributed by atoms with Crippen LogP contribution in [0.3, 0.4) is 0 Å². The van der Waals surface area contributed by atoms with Crippen molar-refractivity contribution in [2.45, 2.75) is 45.4 Å². The fourth-order valence-electron chi connectivity index (χ4n) is 1.77. The number of carboxylic acid groups (broad SMARTS) is 1. The molecule has 0 aromatic heterocycles. The van der Waals surface area contributed by atoms with Crippen LogP contribution < -0.4 is 0 Å². The summed E-state index contributed by atoms with van der Waals surface area (Å²) in [4.78, 5) is 10.4. The van der Waals surface area contributed by atoms with E-state index < -0.39 is 5.97 Å². The average Bonchev–Trinajstić information content (AvgIpc) is 2.26. The van der Waals surface area contributed by atoms with Gasteiger partial charge in [0.15, 0.2) is 0 Å². The van der Waals surface area contributed by atoms with E-state index in [1.807, 2.05) is 0 Å². The average molecular weight is 220 g/mol. The second-order valence-corrected chi connectivity index (χ2v) is 4.17. The Morgan fingerprint density at radius 1 is 1.19 bits per heavy atom. The highest BCUT2D eigenvalue weighted by molar-refractivity contribution is 5.66. The molecule has 1 N–H and O–H groups in total. The molecule has 0 heterocycles. The van der Waals surface area contributed by atoms with Crippen molar-refractivity contribution in [3.8, 4) is 0 Å². The molecule has 0 bridgehead atoms. The predicted molar refractivity (Wildman–Crippen MR) is 65.6 cm³/mol. The van der Waals surface area contributed by atoms with Gasteiger partial charge < -0.3 is 5.11 Å². The minimum absolute atomic E-state index is 0.263. The summed E-state index contributed by atoms with van der Waals surface area (Å²) in [6, 6.07) is 8.51. The first-order chi connectivity index (χ1) is 7.72. The van der Waals surface area contributed by atoms with Crippen molar-refractivity contribution in [1.82, 2.24) is 0 Å². The molecule has 88 valence electrons. The molecule has 1 rings (SSSR count). The van der Waals surface area contributed by atoms with E-state index in [-0.39, 0.29) is 6.42 Å². The number of aryl methyl sites for hydroxylation is 2. The lowest BCUT2D eigenvalue weighted by molar-refractivity contribution is -0.137. The second-order valence-electron chi connectivity index (χ2n) is 4.17. The standard InChI is InChI=1S/C14H20O2/c1-2-3-6-12-7-4-8-13(11-12)9-5-10-14(15)16/h4,7-8,11H,2-3,5-6,9-10H2,1H3,(H,15,16). The minimum atomic E-state index is -0.706. The highest BCUT2D eigenvalue weighted by Crippen LogP contribution is 2.11. The van der Waals surface area contributed by atoms with Gasteiger partial charge >= 0.3 is 5.97 Å². The third-order valence-corrected chi connectivity index (χ3v) is 2.67. The van der Waals surface area contributed by atoms with Crippen LogP contribution in [0.2, 0.25) is 0 Å². The van der Waals surface area contributed by atoms with Gasteiger partial charge in [-0.25, -0.2) is 0 Å². The topological polar surface area (TPSA) is 37.3 Å². The lowest BCUT2D eigenvalue weighted by Crippen LogP contribution is -1.96. The quantitative estimate of drug-likeness (QED) is 0.764. The summed E-state index contributed by atoms with van der Waals surface area (Å²) in [7, 11) is 0. The fourth-order valence-corrected chi connectivity index (χ4v) is 1.77. The van der Waals surface area contributed by atoms with Crippen molar-refractivity contribution < 1.29 is 9.90 Å². The zero-order chi connectivity index (χ0) is 11.8. The monoisotopic (exact) mass is 220 g/mol. The van der Waals surface area contributed by atoms with Gasteiger partial charge in [0.2, 0.25) is 0 Å². The van der Waals surface area contributed by atoms with Crippen LogP contribution in [0.25, 0.3) is 0 Å². The summed E-state index contributed by atoms with van der Waals surface area (Å²) in [6.07, 6.45) is 5.42. The first-order valence-corrected chi connectivity index (χ1v) is 6.02. The van der Waals surface area contributed by atoms with Crippen LogP contribution in [0.4, 0.5) is 0 Å². The van der Waals surface area contributed by atoms with Gasteiger partial charge in [0, 0.05) is 6.42 Å². The van der Waals surface area contributed by atoms with Gasteiger partial charge in [0.05, 0.1) is 0 Å². The number of aliphatic carboxylic acids is 1. The van der Waals surface area contributed by atoms with E-state index in [0.29, 0.717) is 0 Å². The van der Waals surface area contributed by atoms with E-state index >= 15 is 0 Å². The van der Waals surface area contributed by atoms with E-state index in [4.69, 9.17) is 5.11 Å². The molecule has 0 aliphatic carbocycles. The van der Waals surface area contributed by atoms with Crippen molar-refractivity contribution in [3.63, 3.8) is 0 Å². The van der Waals surface area contributed by atoms with Gasteiger partial charge in [-0.2, -0.15) is 0 Å². The Morgan fingerprint density at radius 2 is 1.81 bits per heavy atom. The van der Waals surface area contributed by atoms with Crippen molar-refractivity contribution >= 4 is 5.97 Å². The fraction of sp³-hybridized carbons (Fsp3) is 0.500. The molecule has 0 saturated carbocycles. The maximum Gasteiger partial charge on any atom is 0.303 e. The van der Waals surface area contributed by atoms with Crippen molar-refractivity contribution in [1.29, 1.82) is 0 Å². The Labute approximate surface area is 97.3 Å². The van der Waals surface area contributed by atoms with Gasteiger partial charge in [0.25, 0.3) is 0 Å². The number of carboxylic acids is 1. The summed E-state index contributed by atoms with van der Waals surface area (Å²) in [5.41, 5.74) is 2.63.